The molecule has 1 aliphatic rings. The minimum absolute atomic E-state index is 0.0430. The van der Waals surface area contributed by atoms with Crippen LogP contribution >= 0.6 is 0 Å². The van der Waals surface area contributed by atoms with E-state index in [9.17, 15) is 23.2 Å². The minimum atomic E-state index is -0.785. The highest BCUT2D eigenvalue weighted by Crippen LogP contribution is 2.23. The number of halogens is 2. The van der Waals surface area contributed by atoms with Gasteiger partial charge in [-0.25, -0.2) is 23.5 Å². The smallest absolute Gasteiger partial charge is 0.329 e. The Kier molecular flexibility index (Phi) is 8.39. The number of hydrogen-bond donors (Lipinski definition) is 2. The van der Waals surface area contributed by atoms with Crippen LogP contribution in [0.3, 0.4) is 0 Å². The van der Waals surface area contributed by atoms with Crippen LogP contribution < -0.4 is 27.0 Å². The van der Waals surface area contributed by atoms with Crippen molar-refractivity contribution in [2.75, 3.05) is 36.4 Å². The minimum Gasteiger partial charge on any atom is -0.369 e. The molecule has 0 bridgehead atoms. The molecular weight excluding hydrogens is 670 g/mol. The third-order valence-corrected chi connectivity index (χ3v) is 9.34. The van der Waals surface area contributed by atoms with E-state index in [1.807, 2.05) is 30.3 Å². The third kappa shape index (κ3) is 6.11. The predicted molar refractivity (Wildman–Crippen MR) is 193 cm³/mol. The van der Waals surface area contributed by atoms with Gasteiger partial charge >= 0.3 is 5.69 Å². The summed E-state index contributed by atoms with van der Waals surface area (Å²) < 4.78 is 33.8. The lowest BCUT2D eigenvalue weighted by Gasteiger charge is -2.36. The molecule has 0 saturated carbocycles. The molecule has 8 rings (SSSR count). The Morgan fingerprint density at radius 1 is 0.846 bits per heavy atom. The molecule has 1 fully saturated rings. The molecule has 4 aromatic heterocycles. The topological polar surface area (TPSA) is 139 Å². The first-order valence-electron chi connectivity index (χ1n) is 16.6. The Morgan fingerprint density at radius 2 is 1.65 bits per heavy atom. The van der Waals surface area contributed by atoms with Gasteiger partial charge in [0.1, 0.15) is 17.0 Å². The zero-order valence-corrected chi connectivity index (χ0v) is 28.0. The van der Waals surface area contributed by atoms with Crippen LogP contribution in [0, 0.1) is 11.6 Å². The molecule has 0 amide bonds. The molecule has 2 N–H and O–H groups in total. The third-order valence-electron chi connectivity index (χ3n) is 9.34. The molecule has 0 aliphatic carbocycles. The van der Waals surface area contributed by atoms with Crippen LogP contribution in [-0.4, -0.2) is 64.9 Å². The largest absolute Gasteiger partial charge is 0.369 e. The number of nitrogens with one attached hydrogen (secondary N) is 2. The molecule has 0 radical (unpaired) electrons. The Morgan fingerprint density at radius 3 is 2.42 bits per heavy atom. The number of hydrogen-bond acceptors (Lipinski definition) is 9. The van der Waals surface area contributed by atoms with E-state index in [1.54, 1.807) is 42.2 Å². The molecule has 0 unspecified atom stereocenters. The van der Waals surface area contributed by atoms with E-state index in [2.05, 4.69) is 35.1 Å². The van der Waals surface area contributed by atoms with Crippen molar-refractivity contribution in [3.63, 3.8) is 0 Å². The molecule has 0 atom stereocenters. The van der Waals surface area contributed by atoms with Crippen molar-refractivity contribution >= 4 is 39.3 Å². The average Bonchev–Trinajstić information content (AvgIpc) is 3.40. The number of pyridine rings is 1. The molecule has 1 aliphatic heterocycles. The Bertz CT molecular complexity index is 2630. The molecule has 15 heteroatoms. The maximum Gasteiger partial charge on any atom is 0.329 e. The van der Waals surface area contributed by atoms with Gasteiger partial charge in [0.25, 0.3) is 11.1 Å². The highest BCUT2D eigenvalue weighted by molar-refractivity contribution is 5.78. The maximum absolute atomic E-state index is 15.0. The van der Waals surface area contributed by atoms with Crippen LogP contribution in [0.5, 0.6) is 0 Å². The second-order valence-electron chi connectivity index (χ2n) is 12.6. The van der Waals surface area contributed by atoms with Crippen molar-refractivity contribution in [1.29, 1.82) is 0 Å². The van der Waals surface area contributed by atoms with Crippen molar-refractivity contribution < 1.29 is 8.78 Å². The van der Waals surface area contributed by atoms with Crippen LogP contribution in [-0.2, 0) is 20.1 Å². The van der Waals surface area contributed by atoms with Crippen molar-refractivity contribution in [3.8, 4) is 5.82 Å². The van der Waals surface area contributed by atoms with Gasteiger partial charge in [0.15, 0.2) is 11.5 Å². The zero-order valence-electron chi connectivity index (χ0n) is 28.0. The van der Waals surface area contributed by atoms with Crippen LogP contribution in [0.15, 0.2) is 106 Å². The molecule has 13 nitrogen and oxygen atoms in total. The molecule has 52 heavy (non-hydrogen) atoms. The number of fused-ring (bicyclic) bond motifs is 2. The number of nitrogens with zero attached hydrogens (tertiary/aromatic N) is 8. The van der Waals surface area contributed by atoms with Gasteiger partial charge in [-0.1, -0.05) is 18.2 Å². The summed E-state index contributed by atoms with van der Waals surface area (Å²) in [6.07, 6.45) is 3.14. The Hall–Kier alpha value is -6.48. The molecule has 1 saturated heterocycles. The number of benzene rings is 3. The number of H-pyrrole nitrogens is 1. The van der Waals surface area contributed by atoms with Crippen LogP contribution in [0.4, 0.5) is 26.1 Å². The van der Waals surface area contributed by atoms with Gasteiger partial charge < -0.3 is 10.2 Å². The van der Waals surface area contributed by atoms with Crippen molar-refractivity contribution in [3.05, 3.63) is 145 Å². The number of aryl methyl sites for hydroxylation is 1. The zero-order chi connectivity index (χ0) is 35.9. The highest BCUT2D eigenvalue weighted by Gasteiger charge is 2.20. The van der Waals surface area contributed by atoms with Gasteiger partial charge in [-0.05, 0) is 66.2 Å². The lowest BCUT2D eigenvalue weighted by atomic mass is 10.1. The van der Waals surface area contributed by atoms with E-state index in [0.29, 0.717) is 53.6 Å². The summed E-state index contributed by atoms with van der Waals surface area (Å²) in [7, 11) is 1.75. The van der Waals surface area contributed by atoms with Crippen molar-refractivity contribution in [1.82, 2.24) is 38.8 Å². The summed E-state index contributed by atoms with van der Waals surface area (Å²) in [5.41, 5.74) is 1.92. The van der Waals surface area contributed by atoms with Gasteiger partial charge in [-0.3, -0.25) is 28.7 Å². The van der Waals surface area contributed by atoms with E-state index in [4.69, 9.17) is 0 Å². The van der Waals surface area contributed by atoms with Gasteiger partial charge in [-0.15, -0.1) is 0 Å². The molecule has 3 aromatic carbocycles. The lowest BCUT2D eigenvalue weighted by molar-refractivity contribution is 0.246. The lowest BCUT2D eigenvalue weighted by Crippen LogP contribution is -2.46. The molecule has 5 heterocycles. The Balaban J connectivity index is 0.910. The van der Waals surface area contributed by atoms with Crippen molar-refractivity contribution in [2.45, 2.75) is 13.1 Å². The summed E-state index contributed by atoms with van der Waals surface area (Å²) in [6, 6.07) is 22.1. The normalized spacial score (nSPS) is 13.6. The predicted octanol–water partition coefficient (Wildman–Crippen LogP) is 3.91. The first kappa shape index (κ1) is 32.7. The number of rotatable bonds is 8. The van der Waals surface area contributed by atoms with Crippen LogP contribution in [0.25, 0.3) is 27.8 Å². The first-order valence-corrected chi connectivity index (χ1v) is 16.6. The number of aromatic amines is 1. The summed E-state index contributed by atoms with van der Waals surface area (Å²) in [4.78, 5) is 57.8. The fraction of sp³-hybridized carbons (Fsp3) is 0.189. The summed E-state index contributed by atoms with van der Waals surface area (Å²) in [6.45, 7) is 3.31. The van der Waals surface area contributed by atoms with E-state index >= 15 is 0 Å². The van der Waals surface area contributed by atoms with Gasteiger partial charge in [-0.2, -0.15) is 9.67 Å². The van der Waals surface area contributed by atoms with Crippen molar-refractivity contribution in [2.24, 2.45) is 7.05 Å². The summed E-state index contributed by atoms with van der Waals surface area (Å²) in [5.74, 6) is -0.222. The molecule has 7 aromatic rings. The molecule has 0 spiro atoms. The monoisotopic (exact) mass is 702 g/mol. The van der Waals surface area contributed by atoms with E-state index in [-0.39, 0.29) is 28.8 Å². The van der Waals surface area contributed by atoms with Gasteiger partial charge in [0, 0.05) is 69.1 Å². The number of piperazine rings is 1. The quantitative estimate of drug-likeness (QED) is 0.242. The standard InChI is InChI=1S/C37H32F2N10O3/c1-45-33-27(35(51)49(45)31-7-2-3-14-40-31)20-41-36(43-33)42-25-9-11-26(12-10-25)47-17-15-46(16-18-47)22-24-19-23(8-13-28(24)38)21-48-30-6-4-5-29(39)32(30)34(50)44-37(48)52/h2-14,19-20H,15-18,21-22H2,1H3,(H,41,42,43)(H,44,50,52). The fourth-order valence-electron chi connectivity index (χ4n) is 6.69. The van der Waals surface area contributed by atoms with Crippen LogP contribution in [0.1, 0.15) is 11.1 Å². The summed E-state index contributed by atoms with van der Waals surface area (Å²) in [5, 5.41) is 3.42. The SMILES string of the molecule is Cn1c2nc(Nc3ccc(N4CCN(Cc5cc(Cn6c(=O)[nH]c(=O)c7c(F)cccc76)ccc5F)CC4)cc3)ncc2c(=O)n1-c1ccccn1. The van der Waals surface area contributed by atoms with Gasteiger partial charge in [0.05, 0.1) is 17.4 Å². The average molecular weight is 703 g/mol. The first-order chi connectivity index (χ1) is 25.2. The fourth-order valence-corrected chi connectivity index (χ4v) is 6.69. The Labute approximate surface area is 294 Å². The number of anilines is 3. The molecular formula is C37H32F2N10O3. The van der Waals surface area contributed by atoms with Gasteiger partial charge in [0.2, 0.25) is 5.95 Å². The van der Waals surface area contributed by atoms with E-state index < -0.39 is 17.1 Å². The van der Waals surface area contributed by atoms with Crippen LogP contribution in [0.2, 0.25) is 0 Å². The second-order valence-corrected chi connectivity index (χ2v) is 12.6. The molecule has 262 valence electrons. The maximum atomic E-state index is 15.0. The summed E-state index contributed by atoms with van der Waals surface area (Å²) >= 11 is 0. The van der Waals surface area contributed by atoms with E-state index in [1.165, 1.54) is 39.7 Å². The van der Waals surface area contributed by atoms with E-state index in [0.717, 1.165) is 24.5 Å². The highest BCUT2D eigenvalue weighted by atomic mass is 19.1. The second kappa shape index (κ2) is 13.3. The number of aromatic nitrogens is 7.